The van der Waals surface area contributed by atoms with E-state index in [0.717, 1.165) is 33.9 Å². The number of nitrogens with zero attached hydrogens (tertiary/aromatic N) is 1. The number of aryl methyl sites for hydroxylation is 1. The first-order chi connectivity index (χ1) is 13.6. The lowest BCUT2D eigenvalue weighted by molar-refractivity contribution is -0.122. The zero-order valence-electron chi connectivity index (χ0n) is 17.7. The third-order valence-electron chi connectivity index (χ3n) is 4.45. The number of amides is 1. The number of hydrogen-bond acceptors (Lipinski definition) is 4. The Morgan fingerprint density at radius 2 is 1.55 bits per heavy atom. The van der Waals surface area contributed by atoms with Gasteiger partial charge in [0.25, 0.3) is 0 Å². The third kappa shape index (κ3) is 6.49. The molecular formula is C22H30N2O4S. The van der Waals surface area contributed by atoms with Crippen molar-refractivity contribution in [2.24, 2.45) is 0 Å². The Kier molecular flexibility index (Phi) is 7.67. The summed E-state index contributed by atoms with van der Waals surface area (Å²) in [7, 11) is -3.63. The van der Waals surface area contributed by atoms with Gasteiger partial charge < -0.3 is 10.1 Å². The van der Waals surface area contributed by atoms with Crippen molar-refractivity contribution in [2.45, 2.75) is 52.8 Å². The summed E-state index contributed by atoms with van der Waals surface area (Å²) in [6, 6.07) is 13.8. The van der Waals surface area contributed by atoms with Crippen LogP contribution in [0.1, 0.15) is 38.8 Å². The van der Waals surface area contributed by atoms with Crippen LogP contribution in [0.2, 0.25) is 0 Å². The zero-order chi connectivity index (χ0) is 21.6. The van der Waals surface area contributed by atoms with E-state index in [1.165, 1.54) is 0 Å². The van der Waals surface area contributed by atoms with E-state index in [2.05, 4.69) is 5.32 Å². The minimum atomic E-state index is -3.63. The SMILES string of the molecule is CCc1ccc(N([C@H](C)C(=O)NCc2ccc(OC(C)C)cc2)S(C)(=O)=O)cc1. The van der Waals surface area contributed by atoms with Crippen molar-refractivity contribution in [3.05, 3.63) is 59.7 Å². The molecular weight excluding hydrogens is 388 g/mol. The van der Waals surface area contributed by atoms with E-state index in [9.17, 15) is 13.2 Å². The molecule has 1 atom stereocenters. The number of carbonyl (C=O) groups excluding carboxylic acids is 1. The highest BCUT2D eigenvalue weighted by atomic mass is 32.2. The number of benzene rings is 2. The monoisotopic (exact) mass is 418 g/mol. The van der Waals surface area contributed by atoms with Crippen LogP contribution in [0, 0.1) is 0 Å². The van der Waals surface area contributed by atoms with Crippen molar-refractivity contribution in [3.8, 4) is 5.75 Å². The van der Waals surface area contributed by atoms with Crippen molar-refractivity contribution in [1.82, 2.24) is 5.32 Å². The molecule has 0 radical (unpaired) electrons. The molecule has 0 spiro atoms. The summed E-state index contributed by atoms with van der Waals surface area (Å²) in [4.78, 5) is 12.7. The van der Waals surface area contributed by atoms with Crippen LogP contribution in [0.25, 0.3) is 0 Å². The molecule has 6 nitrogen and oxygen atoms in total. The first kappa shape index (κ1) is 22.7. The highest BCUT2D eigenvalue weighted by Gasteiger charge is 2.28. The largest absolute Gasteiger partial charge is 0.491 e. The van der Waals surface area contributed by atoms with Crippen LogP contribution in [0.5, 0.6) is 5.75 Å². The van der Waals surface area contributed by atoms with Crippen molar-refractivity contribution < 1.29 is 17.9 Å². The van der Waals surface area contributed by atoms with Crippen LogP contribution in [0.4, 0.5) is 5.69 Å². The molecule has 0 heterocycles. The van der Waals surface area contributed by atoms with Gasteiger partial charge in [0.05, 0.1) is 18.0 Å². The summed E-state index contributed by atoms with van der Waals surface area (Å²) in [5, 5.41) is 2.82. The molecule has 2 aromatic rings. The number of ether oxygens (including phenoxy) is 1. The standard InChI is InChI=1S/C22H30N2O4S/c1-6-18-7-11-20(12-8-18)24(29(5,26)27)17(4)22(25)23-15-19-9-13-21(14-10-19)28-16(2)3/h7-14,16-17H,6,15H2,1-5H3,(H,23,25)/t17-/m1/s1. The Morgan fingerprint density at radius 1 is 1.00 bits per heavy atom. The van der Waals surface area contributed by atoms with E-state index in [-0.39, 0.29) is 12.0 Å². The molecule has 0 saturated carbocycles. The van der Waals surface area contributed by atoms with Gasteiger partial charge in [0.2, 0.25) is 15.9 Å². The van der Waals surface area contributed by atoms with Gasteiger partial charge >= 0.3 is 0 Å². The number of hydrogen-bond donors (Lipinski definition) is 1. The Bertz CT molecular complexity index is 907. The fourth-order valence-electron chi connectivity index (χ4n) is 2.98. The first-order valence-corrected chi connectivity index (χ1v) is 11.6. The average Bonchev–Trinajstić information content (AvgIpc) is 2.66. The summed E-state index contributed by atoms with van der Waals surface area (Å²) in [6.45, 7) is 7.83. The molecule has 0 bridgehead atoms. The molecule has 2 aromatic carbocycles. The lowest BCUT2D eigenvalue weighted by Crippen LogP contribution is -2.47. The quantitative estimate of drug-likeness (QED) is 0.676. The number of nitrogens with one attached hydrogen (secondary N) is 1. The fraction of sp³-hybridized carbons (Fsp3) is 0.409. The Labute approximate surface area is 173 Å². The summed E-state index contributed by atoms with van der Waals surface area (Å²) >= 11 is 0. The van der Waals surface area contributed by atoms with Crippen molar-refractivity contribution in [1.29, 1.82) is 0 Å². The topological polar surface area (TPSA) is 75.7 Å². The molecule has 0 fully saturated rings. The zero-order valence-corrected chi connectivity index (χ0v) is 18.5. The number of sulfonamides is 1. The minimum Gasteiger partial charge on any atom is -0.491 e. The van der Waals surface area contributed by atoms with E-state index < -0.39 is 16.1 Å². The highest BCUT2D eigenvalue weighted by Crippen LogP contribution is 2.22. The van der Waals surface area contributed by atoms with Crippen LogP contribution in [-0.4, -0.2) is 32.7 Å². The molecule has 0 aromatic heterocycles. The van der Waals surface area contributed by atoms with Crippen LogP contribution >= 0.6 is 0 Å². The van der Waals surface area contributed by atoms with Gasteiger partial charge in [0.15, 0.2) is 0 Å². The van der Waals surface area contributed by atoms with E-state index >= 15 is 0 Å². The van der Waals surface area contributed by atoms with Crippen molar-refractivity contribution >= 4 is 21.6 Å². The minimum absolute atomic E-state index is 0.0924. The van der Waals surface area contributed by atoms with Crippen molar-refractivity contribution in [2.75, 3.05) is 10.6 Å². The van der Waals surface area contributed by atoms with Gasteiger partial charge in [-0.05, 0) is 62.6 Å². The van der Waals surface area contributed by atoms with E-state index in [4.69, 9.17) is 4.74 Å². The lowest BCUT2D eigenvalue weighted by Gasteiger charge is -2.28. The van der Waals surface area contributed by atoms with Gasteiger partial charge in [0, 0.05) is 6.54 Å². The lowest BCUT2D eigenvalue weighted by atomic mass is 10.1. The van der Waals surface area contributed by atoms with Crippen LogP contribution in [0.3, 0.4) is 0 Å². The van der Waals surface area contributed by atoms with Crippen molar-refractivity contribution in [3.63, 3.8) is 0 Å². The Balaban J connectivity index is 2.08. The van der Waals surface area contributed by atoms with Crippen LogP contribution < -0.4 is 14.4 Å². The van der Waals surface area contributed by atoms with E-state index in [1.54, 1.807) is 19.1 Å². The first-order valence-electron chi connectivity index (χ1n) is 9.73. The van der Waals surface area contributed by atoms with Gasteiger partial charge in [-0.25, -0.2) is 8.42 Å². The molecule has 158 valence electrons. The number of rotatable bonds is 9. The van der Waals surface area contributed by atoms with E-state index in [1.807, 2.05) is 57.2 Å². The summed E-state index contributed by atoms with van der Waals surface area (Å²) in [5.74, 6) is 0.403. The molecule has 0 saturated heterocycles. The normalized spacial score (nSPS) is 12.5. The highest BCUT2D eigenvalue weighted by molar-refractivity contribution is 7.92. The molecule has 1 amide bonds. The second-order valence-electron chi connectivity index (χ2n) is 7.28. The second-order valence-corrected chi connectivity index (χ2v) is 9.14. The maximum atomic E-state index is 12.7. The molecule has 1 N–H and O–H groups in total. The summed E-state index contributed by atoms with van der Waals surface area (Å²) in [6.07, 6.45) is 2.06. The fourth-order valence-corrected chi connectivity index (χ4v) is 4.16. The van der Waals surface area contributed by atoms with Gasteiger partial charge in [-0.3, -0.25) is 9.10 Å². The van der Waals surface area contributed by atoms with Gasteiger partial charge in [-0.2, -0.15) is 0 Å². The van der Waals surface area contributed by atoms with E-state index in [0.29, 0.717) is 12.2 Å². The molecule has 0 unspecified atom stereocenters. The van der Waals surface area contributed by atoms with Crippen LogP contribution in [-0.2, 0) is 27.8 Å². The molecule has 0 aliphatic heterocycles. The predicted octanol–water partition coefficient (Wildman–Crippen LogP) is 3.51. The Hall–Kier alpha value is -2.54. The summed E-state index contributed by atoms with van der Waals surface area (Å²) in [5.41, 5.74) is 2.48. The molecule has 0 aliphatic carbocycles. The predicted molar refractivity (Wildman–Crippen MR) is 117 cm³/mol. The maximum Gasteiger partial charge on any atom is 0.243 e. The molecule has 0 aliphatic rings. The van der Waals surface area contributed by atoms with Gasteiger partial charge in [-0.15, -0.1) is 0 Å². The number of anilines is 1. The van der Waals surface area contributed by atoms with Gasteiger partial charge in [0.1, 0.15) is 11.8 Å². The third-order valence-corrected chi connectivity index (χ3v) is 5.69. The molecule has 2 rings (SSSR count). The van der Waals surface area contributed by atoms with Crippen LogP contribution in [0.15, 0.2) is 48.5 Å². The molecule has 29 heavy (non-hydrogen) atoms. The Morgan fingerprint density at radius 3 is 2.03 bits per heavy atom. The molecule has 7 heteroatoms. The second kappa shape index (κ2) is 9.78. The number of carbonyl (C=O) groups is 1. The van der Waals surface area contributed by atoms with Gasteiger partial charge in [-0.1, -0.05) is 31.2 Å². The summed E-state index contributed by atoms with van der Waals surface area (Å²) < 4.78 is 31.5. The smallest absolute Gasteiger partial charge is 0.243 e. The average molecular weight is 419 g/mol. The maximum absolute atomic E-state index is 12.7.